The van der Waals surface area contributed by atoms with Gasteiger partial charge in [0.05, 0.1) is 0 Å². The Morgan fingerprint density at radius 2 is 1.82 bits per heavy atom. The molecule has 2 atom stereocenters. The average molecular weight is 245 g/mol. The minimum Gasteiger partial charge on any atom is -0.480 e. The number of carbonyl (C=O) groups is 3. The van der Waals surface area contributed by atoms with Crippen molar-refractivity contribution >= 4 is 17.8 Å². The first kappa shape index (κ1) is 15.4. The van der Waals surface area contributed by atoms with Crippen molar-refractivity contribution in [1.29, 1.82) is 0 Å². The zero-order valence-corrected chi connectivity index (χ0v) is 9.81. The van der Waals surface area contributed by atoms with Gasteiger partial charge in [0.2, 0.25) is 11.8 Å². The molecule has 0 radical (unpaired) electrons. The van der Waals surface area contributed by atoms with Crippen molar-refractivity contribution in [2.45, 2.75) is 44.7 Å². The number of carboxylic acid groups (broad SMARTS) is 1. The highest BCUT2D eigenvalue weighted by Gasteiger charge is 2.20. The third-order valence-electron chi connectivity index (χ3n) is 2.14. The van der Waals surface area contributed by atoms with E-state index in [1.54, 1.807) is 6.92 Å². The van der Waals surface area contributed by atoms with Gasteiger partial charge in [-0.25, -0.2) is 4.79 Å². The molecule has 0 aromatic rings. The fraction of sp³-hybridized carbons (Fsp3) is 0.700. The molecule has 0 saturated carbocycles. The Labute approximate surface area is 99.5 Å². The summed E-state index contributed by atoms with van der Waals surface area (Å²) in [6.07, 6.45) is 0.561. The number of nitrogens with two attached hydrogens (primary N) is 2. The zero-order valence-electron chi connectivity index (χ0n) is 9.81. The summed E-state index contributed by atoms with van der Waals surface area (Å²) in [5, 5.41) is 11.1. The van der Waals surface area contributed by atoms with Gasteiger partial charge in [0.25, 0.3) is 0 Å². The van der Waals surface area contributed by atoms with Gasteiger partial charge in [-0.05, 0) is 19.8 Å². The van der Waals surface area contributed by atoms with Gasteiger partial charge in [-0.3, -0.25) is 9.59 Å². The molecule has 1 unspecified atom stereocenters. The molecule has 0 heterocycles. The molecule has 7 nitrogen and oxygen atoms in total. The second-order valence-corrected chi connectivity index (χ2v) is 3.98. The van der Waals surface area contributed by atoms with Crippen LogP contribution in [0.25, 0.3) is 0 Å². The van der Waals surface area contributed by atoms with Crippen LogP contribution in [-0.2, 0) is 14.4 Å². The van der Waals surface area contributed by atoms with Crippen molar-refractivity contribution in [2.24, 2.45) is 11.5 Å². The lowest BCUT2D eigenvalue weighted by atomic mass is 10.1. The topological polar surface area (TPSA) is 136 Å². The lowest BCUT2D eigenvalue weighted by Crippen LogP contribution is -2.41. The van der Waals surface area contributed by atoms with Crippen LogP contribution in [0.5, 0.6) is 0 Å². The highest BCUT2D eigenvalue weighted by atomic mass is 16.4. The normalized spacial score (nSPS) is 13.8. The molecule has 0 rings (SSSR count). The molecule has 98 valence electrons. The molecule has 0 aliphatic heterocycles. The maximum Gasteiger partial charge on any atom is 0.326 e. The predicted molar refractivity (Wildman–Crippen MR) is 60.9 cm³/mol. The van der Waals surface area contributed by atoms with Gasteiger partial charge in [-0.2, -0.15) is 0 Å². The van der Waals surface area contributed by atoms with E-state index in [0.29, 0.717) is 6.42 Å². The quantitative estimate of drug-likeness (QED) is 0.432. The maximum atomic E-state index is 11.4. The Kier molecular flexibility index (Phi) is 6.88. The summed E-state index contributed by atoms with van der Waals surface area (Å²) in [5.41, 5.74) is 10.4. The second kappa shape index (κ2) is 7.61. The number of rotatable bonds is 8. The van der Waals surface area contributed by atoms with E-state index in [-0.39, 0.29) is 31.2 Å². The number of hydrogen-bond acceptors (Lipinski definition) is 4. The number of hydrogen-bond donors (Lipinski definition) is 4. The summed E-state index contributed by atoms with van der Waals surface area (Å²) >= 11 is 0. The molecule has 0 bridgehead atoms. The Bertz CT molecular complexity index is 291. The highest BCUT2D eigenvalue weighted by molar-refractivity contribution is 5.84. The molecule has 7 heteroatoms. The minimum absolute atomic E-state index is 0.00537. The number of amides is 2. The maximum absolute atomic E-state index is 11.4. The van der Waals surface area contributed by atoms with Crippen LogP contribution in [0.3, 0.4) is 0 Å². The van der Waals surface area contributed by atoms with Crippen LogP contribution in [0.2, 0.25) is 0 Å². The fourth-order valence-electron chi connectivity index (χ4n) is 1.17. The van der Waals surface area contributed by atoms with Crippen LogP contribution in [0.15, 0.2) is 0 Å². The SMILES string of the molecule is CC(N)CCC(=O)N[C@@H](CCC(N)=O)C(=O)O. The van der Waals surface area contributed by atoms with Gasteiger partial charge in [0.15, 0.2) is 0 Å². The number of nitrogens with one attached hydrogen (secondary N) is 1. The van der Waals surface area contributed by atoms with Gasteiger partial charge in [-0.15, -0.1) is 0 Å². The van der Waals surface area contributed by atoms with E-state index in [2.05, 4.69) is 5.32 Å². The fourth-order valence-corrected chi connectivity index (χ4v) is 1.17. The highest BCUT2D eigenvalue weighted by Crippen LogP contribution is 2.00. The van der Waals surface area contributed by atoms with Gasteiger partial charge in [-0.1, -0.05) is 0 Å². The molecule has 2 amide bonds. The van der Waals surface area contributed by atoms with Crippen molar-refractivity contribution in [3.05, 3.63) is 0 Å². The van der Waals surface area contributed by atoms with Crippen molar-refractivity contribution < 1.29 is 19.5 Å². The second-order valence-electron chi connectivity index (χ2n) is 3.98. The summed E-state index contributed by atoms with van der Waals surface area (Å²) in [6, 6.07) is -1.20. The molecular formula is C10H19N3O4. The summed E-state index contributed by atoms with van der Waals surface area (Å²) in [6.45, 7) is 1.76. The van der Waals surface area contributed by atoms with E-state index in [9.17, 15) is 14.4 Å². The van der Waals surface area contributed by atoms with E-state index in [0.717, 1.165) is 0 Å². The Balaban J connectivity index is 4.11. The Hall–Kier alpha value is -1.63. The lowest BCUT2D eigenvalue weighted by Gasteiger charge is -2.14. The average Bonchev–Trinajstić information content (AvgIpc) is 2.20. The van der Waals surface area contributed by atoms with Gasteiger partial charge in [0, 0.05) is 18.9 Å². The molecule has 0 aromatic carbocycles. The molecular weight excluding hydrogens is 226 g/mol. The van der Waals surface area contributed by atoms with E-state index in [4.69, 9.17) is 16.6 Å². The molecule has 0 aliphatic carbocycles. The van der Waals surface area contributed by atoms with Crippen molar-refractivity contribution in [2.75, 3.05) is 0 Å². The van der Waals surface area contributed by atoms with Crippen LogP contribution in [0.4, 0.5) is 0 Å². The predicted octanol–water partition coefficient (Wildman–Crippen LogP) is -1.05. The first-order valence-electron chi connectivity index (χ1n) is 5.39. The largest absolute Gasteiger partial charge is 0.480 e. The van der Waals surface area contributed by atoms with Crippen LogP contribution in [0.1, 0.15) is 32.6 Å². The number of carbonyl (C=O) groups excluding carboxylic acids is 2. The number of aliphatic carboxylic acids is 1. The molecule has 0 fully saturated rings. The van der Waals surface area contributed by atoms with Crippen molar-refractivity contribution in [3.63, 3.8) is 0 Å². The molecule has 17 heavy (non-hydrogen) atoms. The summed E-state index contributed by atoms with van der Waals surface area (Å²) in [7, 11) is 0. The summed E-state index contributed by atoms with van der Waals surface area (Å²) < 4.78 is 0. The molecule has 0 saturated heterocycles. The van der Waals surface area contributed by atoms with Crippen LogP contribution in [0, 0.1) is 0 Å². The molecule has 6 N–H and O–H groups in total. The standard InChI is InChI=1S/C10H19N3O4/c1-6(11)2-5-9(15)13-7(10(16)17)3-4-8(12)14/h6-7H,2-5,11H2,1H3,(H2,12,14)(H,13,15)(H,16,17)/t6?,7-/m0/s1. The number of carboxylic acids is 1. The lowest BCUT2D eigenvalue weighted by molar-refractivity contribution is -0.142. The Morgan fingerprint density at radius 1 is 1.24 bits per heavy atom. The molecule has 0 aromatic heterocycles. The first-order valence-corrected chi connectivity index (χ1v) is 5.39. The summed E-state index contributed by atoms with van der Waals surface area (Å²) in [4.78, 5) is 32.7. The van der Waals surface area contributed by atoms with Gasteiger partial charge < -0.3 is 21.9 Å². The molecule has 0 spiro atoms. The first-order chi connectivity index (χ1) is 7.82. The van der Waals surface area contributed by atoms with Crippen molar-refractivity contribution in [3.8, 4) is 0 Å². The third kappa shape index (κ3) is 8.21. The van der Waals surface area contributed by atoms with Gasteiger partial charge >= 0.3 is 5.97 Å². The van der Waals surface area contributed by atoms with E-state index in [1.165, 1.54) is 0 Å². The smallest absolute Gasteiger partial charge is 0.326 e. The monoisotopic (exact) mass is 245 g/mol. The summed E-state index contributed by atoms with van der Waals surface area (Å²) in [5.74, 6) is -2.17. The zero-order chi connectivity index (χ0) is 13.4. The number of primary amides is 1. The Morgan fingerprint density at radius 3 is 2.24 bits per heavy atom. The third-order valence-corrected chi connectivity index (χ3v) is 2.14. The van der Waals surface area contributed by atoms with Crippen LogP contribution < -0.4 is 16.8 Å². The van der Waals surface area contributed by atoms with E-state index >= 15 is 0 Å². The van der Waals surface area contributed by atoms with E-state index < -0.39 is 17.9 Å². The van der Waals surface area contributed by atoms with Gasteiger partial charge in [0.1, 0.15) is 6.04 Å². The molecule has 0 aliphatic rings. The van der Waals surface area contributed by atoms with E-state index in [1.807, 2.05) is 0 Å². The van der Waals surface area contributed by atoms with Crippen molar-refractivity contribution in [1.82, 2.24) is 5.32 Å². The van der Waals surface area contributed by atoms with Crippen LogP contribution in [-0.4, -0.2) is 35.0 Å². The van der Waals surface area contributed by atoms with Crippen LogP contribution >= 0.6 is 0 Å². The minimum atomic E-state index is -1.18.